The first kappa shape index (κ1) is 14.3. The van der Waals surface area contributed by atoms with Crippen LogP contribution < -0.4 is 5.56 Å². The van der Waals surface area contributed by atoms with Gasteiger partial charge < -0.3 is 4.52 Å². The highest BCUT2D eigenvalue weighted by Gasteiger charge is 2.16. The smallest absolute Gasteiger partial charge is 0.279 e. The van der Waals surface area contributed by atoms with Gasteiger partial charge in [0.15, 0.2) is 5.69 Å². The van der Waals surface area contributed by atoms with E-state index in [0.717, 1.165) is 11.1 Å². The lowest BCUT2D eigenvalue weighted by Crippen LogP contribution is -2.09. The third kappa shape index (κ3) is 2.28. The van der Waals surface area contributed by atoms with Crippen molar-refractivity contribution in [1.82, 2.24) is 20.3 Å². The second-order valence-electron chi connectivity index (χ2n) is 5.67. The fourth-order valence-corrected chi connectivity index (χ4v) is 2.60. The molecule has 0 aliphatic carbocycles. The highest BCUT2D eigenvalue weighted by molar-refractivity contribution is 5.91. The Morgan fingerprint density at radius 3 is 2.58 bits per heavy atom. The van der Waals surface area contributed by atoms with Crippen molar-refractivity contribution >= 4 is 10.8 Å². The summed E-state index contributed by atoms with van der Waals surface area (Å²) in [5.74, 6) is 0.765. The Hall–Kier alpha value is -3.28. The molecule has 6 nitrogen and oxygen atoms in total. The van der Waals surface area contributed by atoms with Crippen LogP contribution in [0.5, 0.6) is 0 Å². The highest BCUT2D eigenvalue weighted by Crippen LogP contribution is 2.26. The normalized spacial score (nSPS) is 11.1. The topological polar surface area (TPSA) is 84.7 Å². The predicted molar refractivity (Wildman–Crippen MR) is 90.6 cm³/mol. The Kier molecular flexibility index (Phi) is 3.23. The molecule has 0 aliphatic rings. The summed E-state index contributed by atoms with van der Waals surface area (Å²) in [6.07, 6.45) is 0. The first-order chi connectivity index (χ1) is 11.6. The summed E-state index contributed by atoms with van der Waals surface area (Å²) in [4.78, 5) is 16.3. The third-order valence-corrected chi connectivity index (χ3v) is 4.09. The fraction of sp³-hybridized carbons (Fsp3) is 0.111. The van der Waals surface area contributed by atoms with E-state index in [-0.39, 0.29) is 11.4 Å². The molecule has 118 valence electrons. The minimum Gasteiger partial charge on any atom is -0.332 e. The zero-order valence-electron chi connectivity index (χ0n) is 13.2. The molecule has 0 saturated carbocycles. The summed E-state index contributed by atoms with van der Waals surface area (Å²) >= 11 is 0. The number of nitrogens with one attached hydrogen (secondary N) is 1. The number of benzene rings is 2. The summed E-state index contributed by atoms with van der Waals surface area (Å²) in [5, 5.41) is 11.8. The monoisotopic (exact) mass is 318 g/mol. The van der Waals surface area contributed by atoms with E-state index in [1.165, 1.54) is 5.56 Å². The first-order valence-electron chi connectivity index (χ1n) is 7.52. The number of fused-ring (bicyclic) bond motifs is 1. The molecule has 0 spiro atoms. The molecule has 1 N–H and O–H groups in total. The highest BCUT2D eigenvalue weighted by atomic mass is 16.5. The molecule has 24 heavy (non-hydrogen) atoms. The van der Waals surface area contributed by atoms with Crippen molar-refractivity contribution in [2.24, 2.45) is 0 Å². The average molecular weight is 318 g/mol. The van der Waals surface area contributed by atoms with Gasteiger partial charge in [0.05, 0.1) is 5.39 Å². The van der Waals surface area contributed by atoms with Crippen LogP contribution in [0, 0.1) is 13.8 Å². The maximum Gasteiger partial charge on any atom is 0.279 e. The molecule has 0 amide bonds. The average Bonchev–Trinajstić information content (AvgIpc) is 3.08. The van der Waals surface area contributed by atoms with Crippen LogP contribution in [0.3, 0.4) is 0 Å². The molecule has 2 aromatic heterocycles. The minimum atomic E-state index is -0.247. The van der Waals surface area contributed by atoms with E-state index in [0.29, 0.717) is 22.3 Å². The van der Waals surface area contributed by atoms with E-state index in [2.05, 4.69) is 27.3 Å². The van der Waals surface area contributed by atoms with Gasteiger partial charge in [-0.1, -0.05) is 35.5 Å². The Balaban J connectivity index is 1.85. The van der Waals surface area contributed by atoms with Crippen molar-refractivity contribution in [1.29, 1.82) is 0 Å². The van der Waals surface area contributed by atoms with Crippen LogP contribution in [0.4, 0.5) is 0 Å². The predicted octanol–water partition coefficient (Wildman–Crippen LogP) is 3.26. The van der Waals surface area contributed by atoms with Crippen molar-refractivity contribution in [3.8, 4) is 23.0 Å². The molecule has 4 rings (SSSR count). The van der Waals surface area contributed by atoms with E-state index >= 15 is 0 Å². The number of aromatic amines is 1. The van der Waals surface area contributed by atoms with Gasteiger partial charge in [0, 0.05) is 10.9 Å². The number of hydrogen-bond acceptors (Lipinski definition) is 5. The first-order valence-corrected chi connectivity index (χ1v) is 7.52. The molecule has 0 aliphatic heterocycles. The van der Waals surface area contributed by atoms with Crippen LogP contribution in [-0.4, -0.2) is 20.3 Å². The molecule has 0 unspecified atom stereocenters. The lowest BCUT2D eigenvalue weighted by molar-refractivity contribution is 0.431. The number of H-pyrrole nitrogens is 1. The number of rotatable bonds is 2. The standard InChI is InChI=1S/C18H14N4O2/c1-10-7-8-12(9-11(10)2)16-19-18(24-22-16)15-13-5-3-4-6-14(13)17(23)21-20-15/h3-9H,1-2H3,(H,21,23). The number of hydrogen-bond donors (Lipinski definition) is 1. The van der Waals surface area contributed by atoms with Gasteiger partial charge in [-0.15, -0.1) is 0 Å². The Bertz CT molecular complexity index is 1110. The van der Waals surface area contributed by atoms with Gasteiger partial charge in [-0.2, -0.15) is 10.1 Å². The Morgan fingerprint density at radius 2 is 1.79 bits per heavy atom. The zero-order chi connectivity index (χ0) is 16.7. The van der Waals surface area contributed by atoms with Gasteiger partial charge in [0.1, 0.15) is 0 Å². The van der Waals surface area contributed by atoms with Crippen molar-refractivity contribution < 1.29 is 4.52 Å². The summed E-state index contributed by atoms with van der Waals surface area (Å²) in [6.45, 7) is 4.09. The largest absolute Gasteiger partial charge is 0.332 e. The molecule has 0 saturated heterocycles. The summed E-state index contributed by atoms with van der Waals surface area (Å²) in [6, 6.07) is 13.2. The van der Waals surface area contributed by atoms with Crippen LogP contribution in [0.1, 0.15) is 11.1 Å². The second-order valence-corrected chi connectivity index (χ2v) is 5.67. The molecular formula is C18H14N4O2. The quantitative estimate of drug-likeness (QED) is 0.613. The van der Waals surface area contributed by atoms with E-state index < -0.39 is 0 Å². The van der Waals surface area contributed by atoms with Crippen LogP contribution >= 0.6 is 0 Å². The maximum atomic E-state index is 11.9. The van der Waals surface area contributed by atoms with Gasteiger partial charge in [-0.3, -0.25) is 4.79 Å². The van der Waals surface area contributed by atoms with Gasteiger partial charge in [0.2, 0.25) is 5.82 Å². The van der Waals surface area contributed by atoms with E-state index in [1.54, 1.807) is 12.1 Å². The molecule has 0 radical (unpaired) electrons. The van der Waals surface area contributed by atoms with Crippen molar-refractivity contribution in [3.63, 3.8) is 0 Å². The molecule has 0 atom stereocenters. The molecule has 6 heteroatoms. The lowest BCUT2D eigenvalue weighted by atomic mass is 10.1. The SMILES string of the molecule is Cc1ccc(-c2noc(-c3n[nH]c(=O)c4ccccc34)n2)cc1C. The number of aromatic nitrogens is 4. The lowest BCUT2D eigenvalue weighted by Gasteiger charge is -2.01. The van der Waals surface area contributed by atoms with Gasteiger partial charge >= 0.3 is 0 Å². The number of nitrogens with zero attached hydrogens (tertiary/aromatic N) is 3. The van der Waals surface area contributed by atoms with E-state index in [9.17, 15) is 4.79 Å². The van der Waals surface area contributed by atoms with E-state index in [1.807, 2.05) is 37.3 Å². The summed E-state index contributed by atoms with van der Waals surface area (Å²) < 4.78 is 5.38. The maximum absolute atomic E-state index is 11.9. The van der Waals surface area contributed by atoms with Gasteiger partial charge in [-0.05, 0) is 37.1 Å². The van der Waals surface area contributed by atoms with E-state index in [4.69, 9.17) is 4.52 Å². The van der Waals surface area contributed by atoms with Crippen molar-refractivity contribution in [2.75, 3.05) is 0 Å². The summed E-state index contributed by atoms with van der Waals surface area (Å²) in [7, 11) is 0. The van der Waals surface area contributed by atoms with Crippen LogP contribution in [0.25, 0.3) is 33.7 Å². The van der Waals surface area contributed by atoms with Crippen LogP contribution in [-0.2, 0) is 0 Å². The second kappa shape index (κ2) is 5.42. The molecule has 2 heterocycles. The molecular weight excluding hydrogens is 304 g/mol. The summed E-state index contributed by atoms with van der Waals surface area (Å²) in [5.41, 5.74) is 3.46. The van der Waals surface area contributed by atoms with Gasteiger partial charge in [0.25, 0.3) is 11.4 Å². The fourth-order valence-electron chi connectivity index (χ4n) is 2.60. The third-order valence-electron chi connectivity index (χ3n) is 4.09. The Morgan fingerprint density at radius 1 is 1.00 bits per heavy atom. The number of aryl methyl sites for hydroxylation is 2. The van der Waals surface area contributed by atoms with Crippen molar-refractivity contribution in [3.05, 3.63) is 63.9 Å². The Labute approximate surface area is 137 Å². The molecule has 2 aromatic carbocycles. The van der Waals surface area contributed by atoms with Gasteiger partial charge in [-0.25, -0.2) is 5.10 Å². The zero-order valence-corrected chi connectivity index (χ0v) is 13.2. The minimum absolute atomic E-state index is 0.247. The molecule has 0 fully saturated rings. The van der Waals surface area contributed by atoms with Crippen LogP contribution in [0.2, 0.25) is 0 Å². The molecule has 4 aromatic rings. The van der Waals surface area contributed by atoms with Crippen LogP contribution in [0.15, 0.2) is 51.8 Å². The molecule has 0 bridgehead atoms. The van der Waals surface area contributed by atoms with Crippen molar-refractivity contribution in [2.45, 2.75) is 13.8 Å².